The highest BCUT2D eigenvalue weighted by Gasteiger charge is 2.16. The van der Waals surface area contributed by atoms with Gasteiger partial charge in [0.25, 0.3) is 0 Å². The fourth-order valence-electron chi connectivity index (χ4n) is 1.88. The number of hydrogen-bond donors (Lipinski definition) is 0. The number of methoxy groups -OCH3 is 1. The SMILES string of the molecule is COC(=O)CCCC(=O)c1cc(Cl)c(C)cc1OCC(C)C. The maximum absolute atomic E-state index is 12.4. The third-order valence-electron chi connectivity index (χ3n) is 3.15. The van der Waals surface area contributed by atoms with Crippen molar-refractivity contribution in [3.8, 4) is 5.75 Å². The molecule has 1 rings (SSSR count). The third kappa shape index (κ3) is 5.68. The summed E-state index contributed by atoms with van der Waals surface area (Å²) in [7, 11) is 1.34. The number of esters is 1. The summed E-state index contributed by atoms with van der Waals surface area (Å²) in [6, 6.07) is 3.44. The van der Waals surface area contributed by atoms with E-state index < -0.39 is 0 Å². The van der Waals surface area contributed by atoms with E-state index in [1.807, 2.05) is 20.8 Å². The molecule has 0 saturated heterocycles. The molecular weight excluding hydrogens is 304 g/mol. The van der Waals surface area contributed by atoms with E-state index in [9.17, 15) is 9.59 Å². The summed E-state index contributed by atoms with van der Waals surface area (Å²) in [5, 5.41) is 0.535. The van der Waals surface area contributed by atoms with E-state index in [4.69, 9.17) is 16.3 Å². The van der Waals surface area contributed by atoms with Crippen LogP contribution in [0.3, 0.4) is 0 Å². The minimum atomic E-state index is -0.314. The van der Waals surface area contributed by atoms with Gasteiger partial charge >= 0.3 is 5.97 Å². The summed E-state index contributed by atoms with van der Waals surface area (Å²) in [4.78, 5) is 23.4. The fourth-order valence-corrected chi connectivity index (χ4v) is 2.04. The first-order valence-corrected chi connectivity index (χ1v) is 7.76. The summed E-state index contributed by atoms with van der Waals surface area (Å²) in [6.07, 6.45) is 0.928. The van der Waals surface area contributed by atoms with Crippen LogP contribution < -0.4 is 4.74 Å². The van der Waals surface area contributed by atoms with E-state index in [-0.39, 0.29) is 24.6 Å². The Morgan fingerprint density at radius 2 is 1.91 bits per heavy atom. The monoisotopic (exact) mass is 326 g/mol. The Morgan fingerprint density at radius 3 is 2.50 bits per heavy atom. The smallest absolute Gasteiger partial charge is 0.305 e. The van der Waals surface area contributed by atoms with Crippen LogP contribution in [0.1, 0.15) is 49.0 Å². The van der Waals surface area contributed by atoms with Gasteiger partial charge in [0.15, 0.2) is 5.78 Å². The van der Waals surface area contributed by atoms with Gasteiger partial charge in [0, 0.05) is 17.9 Å². The van der Waals surface area contributed by atoms with Gasteiger partial charge in [0.2, 0.25) is 0 Å². The number of aryl methyl sites for hydroxylation is 1. The van der Waals surface area contributed by atoms with Crippen LogP contribution in [-0.2, 0) is 9.53 Å². The standard InChI is InChI=1S/C17H23ClO4/c1-11(2)10-22-16-8-12(3)14(18)9-13(16)15(19)6-5-7-17(20)21-4/h8-9,11H,5-7,10H2,1-4H3. The maximum Gasteiger partial charge on any atom is 0.305 e. The van der Waals surface area contributed by atoms with Crippen molar-refractivity contribution in [2.24, 2.45) is 5.92 Å². The molecule has 0 aromatic heterocycles. The second-order valence-corrected chi connectivity index (χ2v) is 6.06. The zero-order valence-corrected chi connectivity index (χ0v) is 14.3. The van der Waals surface area contributed by atoms with Crippen molar-refractivity contribution in [2.75, 3.05) is 13.7 Å². The van der Waals surface area contributed by atoms with Crippen molar-refractivity contribution < 1.29 is 19.1 Å². The highest BCUT2D eigenvalue weighted by Crippen LogP contribution is 2.28. The second kappa shape index (κ2) is 8.79. The number of benzene rings is 1. The molecule has 0 unspecified atom stereocenters. The third-order valence-corrected chi connectivity index (χ3v) is 3.55. The molecule has 0 bridgehead atoms. The zero-order chi connectivity index (χ0) is 16.7. The molecule has 1 aromatic rings. The molecule has 0 atom stereocenters. The molecule has 0 spiro atoms. The van der Waals surface area contributed by atoms with Gasteiger partial charge in [-0.3, -0.25) is 9.59 Å². The van der Waals surface area contributed by atoms with E-state index >= 15 is 0 Å². The van der Waals surface area contributed by atoms with Gasteiger partial charge in [-0.1, -0.05) is 25.4 Å². The Hall–Kier alpha value is -1.55. The average molecular weight is 327 g/mol. The molecule has 0 fully saturated rings. The maximum atomic E-state index is 12.4. The Morgan fingerprint density at radius 1 is 1.23 bits per heavy atom. The molecule has 0 radical (unpaired) electrons. The van der Waals surface area contributed by atoms with Gasteiger partial charge in [-0.15, -0.1) is 0 Å². The number of carbonyl (C=O) groups is 2. The predicted octanol–water partition coefficient (Wildman–Crippen LogP) is 4.21. The molecule has 0 aliphatic heterocycles. The summed E-state index contributed by atoms with van der Waals surface area (Å²) in [5.74, 6) is 0.521. The zero-order valence-electron chi connectivity index (χ0n) is 13.6. The first-order chi connectivity index (χ1) is 10.3. The van der Waals surface area contributed by atoms with Crippen molar-refractivity contribution >= 4 is 23.4 Å². The lowest BCUT2D eigenvalue weighted by molar-refractivity contribution is -0.140. The largest absolute Gasteiger partial charge is 0.493 e. The van der Waals surface area contributed by atoms with Gasteiger partial charge in [0.1, 0.15) is 5.75 Å². The second-order valence-electron chi connectivity index (χ2n) is 5.66. The normalized spacial score (nSPS) is 10.6. The van der Waals surface area contributed by atoms with E-state index in [0.29, 0.717) is 35.3 Å². The number of halogens is 1. The quantitative estimate of drug-likeness (QED) is 0.530. The molecule has 0 aliphatic carbocycles. The van der Waals surface area contributed by atoms with Gasteiger partial charge < -0.3 is 9.47 Å². The number of ketones is 1. The van der Waals surface area contributed by atoms with Gasteiger partial charge in [-0.25, -0.2) is 0 Å². The Bertz CT molecular complexity index is 538. The van der Waals surface area contributed by atoms with Crippen LogP contribution in [0.5, 0.6) is 5.75 Å². The van der Waals surface area contributed by atoms with Crippen molar-refractivity contribution in [3.63, 3.8) is 0 Å². The van der Waals surface area contributed by atoms with E-state index in [2.05, 4.69) is 4.74 Å². The van der Waals surface area contributed by atoms with Crippen LogP contribution >= 0.6 is 11.6 Å². The molecule has 5 heteroatoms. The minimum Gasteiger partial charge on any atom is -0.493 e. The van der Waals surface area contributed by atoms with Crippen molar-refractivity contribution in [3.05, 3.63) is 28.3 Å². The molecule has 122 valence electrons. The lowest BCUT2D eigenvalue weighted by Crippen LogP contribution is -2.10. The van der Waals surface area contributed by atoms with Crippen molar-refractivity contribution in [2.45, 2.75) is 40.0 Å². The molecule has 0 saturated carbocycles. The summed E-state index contributed by atoms with van der Waals surface area (Å²) >= 11 is 6.12. The lowest BCUT2D eigenvalue weighted by Gasteiger charge is -2.14. The molecule has 22 heavy (non-hydrogen) atoms. The number of carbonyl (C=O) groups excluding carboxylic acids is 2. The fraction of sp³-hybridized carbons (Fsp3) is 0.529. The van der Waals surface area contributed by atoms with Crippen LogP contribution in [0.25, 0.3) is 0 Å². The molecular formula is C17H23ClO4. The first-order valence-electron chi connectivity index (χ1n) is 7.38. The molecule has 0 amide bonds. The van der Waals surface area contributed by atoms with E-state index in [1.54, 1.807) is 12.1 Å². The summed E-state index contributed by atoms with van der Waals surface area (Å²) < 4.78 is 10.3. The number of Topliss-reactive ketones (excluding diaryl/α,β-unsaturated/α-hetero) is 1. The van der Waals surface area contributed by atoms with Crippen LogP contribution in [0, 0.1) is 12.8 Å². The topological polar surface area (TPSA) is 52.6 Å². The molecule has 0 heterocycles. The molecule has 0 aliphatic rings. The van der Waals surface area contributed by atoms with Crippen molar-refractivity contribution in [1.82, 2.24) is 0 Å². The van der Waals surface area contributed by atoms with Crippen LogP contribution in [0.15, 0.2) is 12.1 Å². The average Bonchev–Trinajstić information content (AvgIpc) is 2.47. The molecule has 1 aromatic carbocycles. The number of ether oxygens (including phenoxy) is 2. The Balaban J connectivity index is 2.83. The van der Waals surface area contributed by atoms with E-state index in [1.165, 1.54) is 7.11 Å². The summed E-state index contributed by atoms with van der Waals surface area (Å²) in [5.41, 5.74) is 1.34. The first kappa shape index (κ1) is 18.5. The predicted molar refractivity (Wildman–Crippen MR) is 86.7 cm³/mol. The number of rotatable bonds is 8. The lowest BCUT2D eigenvalue weighted by atomic mass is 10.0. The highest BCUT2D eigenvalue weighted by molar-refractivity contribution is 6.31. The van der Waals surface area contributed by atoms with Crippen LogP contribution in [0.4, 0.5) is 0 Å². The van der Waals surface area contributed by atoms with Gasteiger partial charge in [-0.05, 0) is 37.0 Å². The Labute approximate surface area is 136 Å². The van der Waals surface area contributed by atoms with Gasteiger partial charge in [0.05, 0.1) is 19.3 Å². The van der Waals surface area contributed by atoms with Crippen LogP contribution in [0.2, 0.25) is 5.02 Å². The summed E-state index contributed by atoms with van der Waals surface area (Å²) in [6.45, 7) is 6.49. The highest BCUT2D eigenvalue weighted by atomic mass is 35.5. The molecule has 0 N–H and O–H groups in total. The molecule has 4 nitrogen and oxygen atoms in total. The van der Waals surface area contributed by atoms with Crippen molar-refractivity contribution in [1.29, 1.82) is 0 Å². The number of hydrogen-bond acceptors (Lipinski definition) is 4. The van der Waals surface area contributed by atoms with Gasteiger partial charge in [-0.2, -0.15) is 0 Å². The Kier molecular flexibility index (Phi) is 7.39. The van der Waals surface area contributed by atoms with E-state index in [0.717, 1.165) is 5.56 Å². The van der Waals surface area contributed by atoms with Crippen LogP contribution in [-0.4, -0.2) is 25.5 Å². The minimum absolute atomic E-state index is 0.0791.